The Kier molecular flexibility index (Phi) is 6.77. The molecule has 3 rings (SSSR count). The van der Waals surface area contributed by atoms with Gasteiger partial charge in [-0.25, -0.2) is 0 Å². The molecule has 0 saturated carbocycles. The Bertz CT molecular complexity index is 1040. The van der Waals surface area contributed by atoms with Gasteiger partial charge < -0.3 is 14.6 Å². The van der Waals surface area contributed by atoms with E-state index < -0.39 is 17.7 Å². The highest BCUT2D eigenvalue weighted by molar-refractivity contribution is 7.99. The van der Waals surface area contributed by atoms with Crippen LogP contribution >= 0.6 is 11.8 Å². The number of Topliss-reactive ketones (excluding diaryl/α,β-unsaturated/α-hetero) is 1. The SMILES string of the molecule is CCOC(=O)[C@H](C(C)=N)C(=O)CSc1nnc(Cc2cccc3ccccc23)o1. The molecule has 0 fully saturated rings. The van der Waals surface area contributed by atoms with E-state index in [2.05, 4.69) is 10.2 Å². The Labute approximate surface area is 172 Å². The number of carbonyl (C=O) groups is 2. The number of nitrogens with zero attached hydrogens (tertiary/aromatic N) is 2. The first kappa shape index (κ1) is 20.7. The number of nitrogens with one attached hydrogen (secondary N) is 1. The average molecular weight is 411 g/mol. The summed E-state index contributed by atoms with van der Waals surface area (Å²) in [5.41, 5.74) is 1.03. The van der Waals surface area contributed by atoms with Crippen LogP contribution in [0.4, 0.5) is 0 Å². The van der Waals surface area contributed by atoms with E-state index in [0.29, 0.717) is 12.3 Å². The third kappa shape index (κ3) is 5.08. The molecule has 0 aliphatic heterocycles. The molecular formula is C21H21N3O4S. The van der Waals surface area contributed by atoms with Crippen LogP contribution in [0, 0.1) is 11.3 Å². The fourth-order valence-electron chi connectivity index (χ4n) is 2.97. The lowest BCUT2D eigenvalue weighted by Crippen LogP contribution is -2.32. The normalized spacial score (nSPS) is 11.9. The largest absolute Gasteiger partial charge is 0.465 e. The molecular weight excluding hydrogens is 390 g/mol. The summed E-state index contributed by atoms with van der Waals surface area (Å²) in [6, 6.07) is 14.1. The fourth-order valence-corrected chi connectivity index (χ4v) is 3.66. The number of hydrogen-bond acceptors (Lipinski definition) is 8. The molecule has 0 saturated heterocycles. The molecule has 0 aliphatic carbocycles. The predicted molar refractivity (Wildman–Crippen MR) is 110 cm³/mol. The van der Waals surface area contributed by atoms with Crippen molar-refractivity contribution in [3.05, 3.63) is 53.9 Å². The van der Waals surface area contributed by atoms with Gasteiger partial charge in [0.1, 0.15) is 0 Å². The van der Waals surface area contributed by atoms with Crippen LogP contribution in [0.25, 0.3) is 10.8 Å². The topological polar surface area (TPSA) is 106 Å². The summed E-state index contributed by atoms with van der Waals surface area (Å²) in [5, 5.41) is 18.2. The Morgan fingerprint density at radius 3 is 2.69 bits per heavy atom. The van der Waals surface area contributed by atoms with Gasteiger partial charge >= 0.3 is 5.97 Å². The molecule has 1 heterocycles. The van der Waals surface area contributed by atoms with Crippen LogP contribution < -0.4 is 0 Å². The van der Waals surface area contributed by atoms with Crippen LogP contribution in [0.15, 0.2) is 52.1 Å². The first-order valence-corrected chi connectivity index (χ1v) is 10.1. The zero-order chi connectivity index (χ0) is 20.8. The molecule has 7 nitrogen and oxygen atoms in total. The second-order valence-electron chi connectivity index (χ2n) is 6.40. The van der Waals surface area contributed by atoms with Gasteiger partial charge in [0.15, 0.2) is 11.7 Å². The van der Waals surface area contributed by atoms with Crippen LogP contribution in [0.3, 0.4) is 0 Å². The average Bonchev–Trinajstić information content (AvgIpc) is 3.14. The number of fused-ring (bicyclic) bond motifs is 1. The van der Waals surface area contributed by atoms with Gasteiger partial charge in [-0.05, 0) is 30.2 Å². The van der Waals surface area contributed by atoms with E-state index in [0.717, 1.165) is 28.1 Å². The van der Waals surface area contributed by atoms with Gasteiger partial charge in [0.25, 0.3) is 5.22 Å². The Hall–Kier alpha value is -3.00. The lowest BCUT2D eigenvalue weighted by atomic mass is 10.0. The molecule has 29 heavy (non-hydrogen) atoms. The van der Waals surface area contributed by atoms with E-state index in [-0.39, 0.29) is 23.3 Å². The van der Waals surface area contributed by atoms with Crippen LogP contribution in [-0.2, 0) is 20.7 Å². The standard InChI is InChI=1S/C21H21N3O4S/c1-3-27-20(26)19(13(2)22)17(25)12-29-21-24-23-18(28-21)11-15-9-6-8-14-7-4-5-10-16(14)15/h4-10,19,22H,3,11-12H2,1-2H3/t19-/m1/s1. The number of thioether (sulfide) groups is 1. The molecule has 0 radical (unpaired) electrons. The molecule has 150 valence electrons. The van der Waals surface area contributed by atoms with E-state index in [1.165, 1.54) is 6.92 Å². The summed E-state index contributed by atoms with van der Waals surface area (Å²) in [6.07, 6.45) is 0.480. The maximum absolute atomic E-state index is 12.4. The number of esters is 1. The van der Waals surface area contributed by atoms with E-state index >= 15 is 0 Å². The van der Waals surface area contributed by atoms with Crippen molar-refractivity contribution in [2.24, 2.45) is 5.92 Å². The van der Waals surface area contributed by atoms with E-state index in [1.54, 1.807) is 6.92 Å². The number of benzene rings is 2. The molecule has 0 aliphatic rings. The van der Waals surface area contributed by atoms with Gasteiger partial charge in [0.05, 0.1) is 18.8 Å². The van der Waals surface area contributed by atoms with Crippen molar-refractivity contribution in [3.63, 3.8) is 0 Å². The van der Waals surface area contributed by atoms with Crippen molar-refractivity contribution in [3.8, 4) is 0 Å². The van der Waals surface area contributed by atoms with Gasteiger partial charge in [0, 0.05) is 5.71 Å². The summed E-state index contributed by atoms with van der Waals surface area (Å²) in [6.45, 7) is 3.23. The molecule has 0 bridgehead atoms. The predicted octanol–water partition coefficient (Wildman–Crippen LogP) is 3.69. The van der Waals surface area contributed by atoms with Gasteiger partial charge in [-0.1, -0.05) is 54.2 Å². The smallest absolute Gasteiger partial charge is 0.322 e. The van der Waals surface area contributed by atoms with E-state index in [4.69, 9.17) is 14.6 Å². The first-order valence-electron chi connectivity index (χ1n) is 9.15. The second-order valence-corrected chi connectivity index (χ2v) is 7.33. The zero-order valence-electron chi connectivity index (χ0n) is 16.2. The van der Waals surface area contributed by atoms with Crippen LogP contribution in [-0.4, -0.2) is 40.0 Å². The summed E-state index contributed by atoms with van der Waals surface area (Å²) in [4.78, 5) is 24.3. The minimum absolute atomic E-state index is 0.0452. The lowest BCUT2D eigenvalue weighted by molar-refractivity contribution is -0.148. The quantitative estimate of drug-likeness (QED) is 0.248. The minimum Gasteiger partial charge on any atom is -0.465 e. The van der Waals surface area contributed by atoms with Crippen LogP contribution in [0.2, 0.25) is 0 Å². The lowest BCUT2D eigenvalue weighted by Gasteiger charge is -2.12. The van der Waals surface area contributed by atoms with Crippen molar-refractivity contribution in [2.45, 2.75) is 25.5 Å². The first-order chi connectivity index (χ1) is 14.0. The van der Waals surface area contributed by atoms with Crippen molar-refractivity contribution in [2.75, 3.05) is 12.4 Å². The van der Waals surface area contributed by atoms with Gasteiger partial charge in [-0.2, -0.15) is 0 Å². The maximum atomic E-state index is 12.4. The van der Waals surface area contributed by atoms with Crippen molar-refractivity contribution < 1.29 is 18.7 Å². The van der Waals surface area contributed by atoms with Gasteiger partial charge in [-0.15, -0.1) is 10.2 Å². The van der Waals surface area contributed by atoms with Crippen molar-refractivity contribution in [1.29, 1.82) is 5.41 Å². The molecule has 0 unspecified atom stereocenters. The Morgan fingerprint density at radius 2 is 1.93 bits per heavy atom. The van der Waals surface area contributed by atoms with Crippen molar-refractivity contribution >= 4 is 40.0 Å². The Balaban J connectivity index is 1.65. The highest BCUT2D eigenvalue weighted by Crippen LogP contribution is 2.23. The van der Waals surface area contributed by atoms with Crippen LogP contribution in [0.5, 0.6) is 0 Å². The number of ether oxygens (including phenoxy) is 1. The zero-order valence-corrected chi connectivity index (χ0v) is 17.0. The summed E-state index contributed by atoms with van der Waals surface area (Å²) < 4.78 is 10.5. The fraction of sp³-hybridized carbons (Fsp3) is 0.286. The number of hydrogen-bond donors (Lipinski definition) is 1. The molecule has 1 N–H and O–H groups in total. The van der Waals surface area contributed by atoms with Crippen LogP contribution in [0.1, 0.15) is 25.3 Å². The molecule has 0 amide bonds. The second kappa shape index (κ2) is 9.47. The third-order valence-corrected chi connectivity index (χ3v) is 5.13. The molecule has 0 spiro atoms. The van der Waals surface area contributed by atoms with E-state index in [1.807, 2.05) is 42.5 Å². The molecule has 1 atom stereocenters. The summed E-state index contributed by atoms with van der Waals surface area (Å²) >= 11 is 1.05. The molecule has 8 heteroatoms. The summed E-state index contributed by atoms with van der Waals surface area (Å²) in [7, 11) is 0. The number of carbonyl (C=O) groups excluding carboxylic acids is 2. The van der Waals surface area contributed by atoms with Gasteiger partial charge in [-0.3, -0.25) is 9.59 Å². The maximum Gasteiger partial charge on any atom is 0.322 e. The molecule has 3 aromatic rings. The van der Waals surface area contributed by atoms with Gasteiger partial charge in [0.2, 0.25) is 5.89 Å². The highest BCUT2D eigenvalue weighted by atomic mass is 32.2. The number of aromatic nitrogens is 2. The number of rotatable bonds is 9. The minimum atomic E-state index is -1.19. The highest BCUT2D eigenvalue weighted by Gasteiger charge is 2.30. The monoisotopic (exact) mass is 411 g/mol. The number of ketones is 1. The Morgan fingerprint density at radius 1 is 1.17 bits per heavy atom. The van der Waals surface area contributed by atoms with E-state index in [9.17, 15) is 9.59 Å². The molecule has 2 aromatic carbocycles. The molecule has 1 aromatic heterocycles. The summed E-state index contributed by atoms with van der Waals surface area (Å²) in [5.74, 6) is -1.93. The van der Waals surface area contributed by atoms with Crippen molar-refractivity contribution in [1.82, 2.24) is 10.2 Å². The third-order valence-electron chi connectivity index (χ3n) is 4.29.